The van der Waals surface area contributed by atoms with Gasteiger partial charge in [-0.05, 0) is 63.3 Å². The van der Waals surface area contributed by atoms with Crippen LogP contribution < -0.4 is 10.6 Å². The minimum Gasteiger partial charge on any atom is -0.444 e. The maximum Gasteiger partial charge on any atom is 0.407 e. The molecule has 0 saturated heterocycles. The number of fused-ring (bicyclic) bond motifs is 1. The first-order valence-corrected chi connectivity index (χ1v) is 7.66. The smallest absolute Gasteiger partial charge is 0.407 e. The molecule has 4 nitrogen and oxygen atoms in total. The van der Waals surface area contributed by atoms with E-state index in [1.54, 1.807) is 0 Å². The Hall–Kier alpha value is -1.71. The zero-order valence-corrected chi connectivity index (χ0v) is 13.5. The maximum atomic E-state index is 11.8. The van der Waals surface area contributed by atoms with Gasteiger partial charge >= 0.3 is 6.09 Å². The topological polar surface area (TPSA) is 50.4 Å². The summed E-state index contributed by atoms with van der Waals surface area (Å²) in [5, 5.41) is 6.08. The summed E-state index contributed by atoms with van der Waals surface area (Å²) >= 11 is 0. The Morgan fingerprint density at radius 2 is 2.14 bits per heavy atom. The van der Waals surface area contributed by atoms with Crippen LogP contribution in [0.25, 0.3) is 0 Å². The van der Waals surface area contributed by atoms with E-state index in [-0.39, 0.29) is 6.09 Å². The summed E-state index contributed by atoms with van der Waals surface area (Å²) in [6, 6.07) is 6.50. The van der Waals surface area contributed by atoms with Gasteiger partial charge in [-0.15, -0.1) is 0 Å². The van der Waals surface area contributed by atoms with E-state index < -0.39 is 5.60 Å². The van der Waals surface area contributed by atoms with Crippen LogP contribution in [0.2, 0.25) is 0 Å². The van der Waals surface area contributed by atoms with Gasteiger partial charge in [-0.3, -0.25) is 0 Å². The molecule has 1 aliphatic rings. The van der Waals surface area contributed by atoms with Crippen molar-refractivity contribution < 1.29 is 9.53 Å². The van der Waals surface area contributed by atoms with E-state index in [4.69, 9.17) is 4.74 Å². The lowest BCUT2D eigenvalue weighted by molar-refractivity contribution is 0.0523. The molecule has 1 amide bonds. The molecule has 1 aromatic rings. The third-order valence-electron chi connectivity index (χ3n) is 3.76. The molecule has 0 aromatic heterocycles. The van der Waals surface area contributed by atoms with Crippen LogP contribution in [-0.2, 0) is 11.2 Å². The zero-order chi connectivity index (χ0) is 15.5. The lowest BCUT2D eigenvalue weighted by Gasteiger charge is -2.27. The number of hydrogen-bond acceptors (Lipinski definition) is 3. The molecule has 0 fully saturated rings. The number of carbonyl (C=O) groups excluding carboxylic acids is 1. The molecule has 0 bridgehead atoms. The van der Waals surface area contributed by atoms with Crippen LogP contribution in [0.3, 0.4) is 0 Å². The predicted octanol–water partition coefficient (Wildman–Crippen LogP) is 3.67. The lowest BCUT2D eigenvalue weighted by Crippen LogP contribution is -2.35. The molecule has 116 valence electrons. The molecular formula is C17H26N2O2. The first kappa shape index (κ1) is 15.7. The van der Waals surface area contributed by atoms with Crippen LogP contribution in [0, 0.1) is 0 Å². The van der Waals surface area contributed by atoms with E-state index in [9.17, 15) is 4.79 Å². The van der Waals surface area contributed by atoms with Crippen LogP contribution in [0.15, 0.2) is 18.2 Å². The number of carbonyl (C=O) groups is 1. The molecule has 21 heavy (non-hydrogen) atoms. The SMILES string of the molecule is CNc1ccc2c(c1)CCC[C@H]2CNC(=O)OC(C)(C)C. The summed E-state index contributed by atoms with van der Waals surface area (Å²) < 4.78 is 5.29. The normalized spacial score (nSPS) is 17.8. The van der Waals surface area contributed by atoms with Crippen LogP contribution in [0.4, 0.5) is 10.5 Å². The molecule has 2 N–H and O–H groups in total. The second-order valence-corrected chi connectivity index (χ2v) is 6.64. The minimum absolute atomic E-state index is 0.332. The van der Waals surface area contributed by atoms with Gasteiger partial charge < -0.3 is 15.4 Å². The van der Waals surface area contributed by atoms with Crippen molar-refractivity contribution >= 4 is 11.8 Å². The van der Waals surface area contributed by atoms with Crippen molar-refractivity contribution in [1.82, 2.24) is 5.32 Å². The van der Waals surface area contributed by atoms with Crippen LogP contribution in [0.1, 0.15) is 50.7 Å². The molecule has 0 unspecified atom stereocenters. The third-order valence-corrected chi connectivity index (χ3v) is 3.76. The second-order valence-electron chi connectivity index (χ2n) is 6.64. The number of nitrogens with one attached hydrogen (secondary N) is 2. The van der Waals surface area contributed by atoms with Crippen molar-refractivity contribution in [2.24, 2.45) is 0 Å². The summed E-state index contributed by atoms with van der Waals surface area (Å²) in [5.74, 6) is 0.382. The van der Waals surface area contributed by atoms with Crippen molar-refractivity contribution in [3.05, 3.63) is 29.3 Å². The van der Waals surface area contributed by atoms with E-state index in [1.165, 1.54) is 17.5 Å². The molecule has 0 saturated carbocycles. The summed E-state index contributed by atoms with van der Waals surface area (Å²) in [7, 11) is 1.94. The van der Waals surface area contributed by atoms with Gasteiger partial charge in [-0.2, -0.15) is 0 Å². The highest BCUT2D eigenvalue weighted by Gasteiger charge is 2.22. The van der Waals surface area contributed by atoms with Crippen LogP contribution >= 0.6 is 0 Å². The number of aryl methyl sites for hydroxylation is 1. The molecule has 1 aromatic carbocycles. The van der Waals surface area contributed by atoms with Crippen molar-refractivity contribution in [3.63, 3.8) is 0 Å². The van der Waals surface area contributed by atoms with E-state index in [2.05, 4.69) is 28.8 Å². The Morgan fingerprint density at radius 1 is 1.38 bits per heavy atom. The van der Waals surface area contributed by atoms with E-state index in [0.717, 1.165) is 18.5 Å². The molecule has 1 aliphatic carbocycles. The number of ether oxygens (including phenoxy) is 1. The fourth-order valence-corrected chi connectivity index (χ4v) is 2.80. The van der Waals surface area contributed by atoms with Gasteiger partial charge in [0.1, 0.15) is 5.60 Å². The van der Waals surface area contributed by atoms with E-state index >= 15 is 0 Å². The van der Waals surface area contributed by atoms with Crippen molar-refractivity contribution in [2.45, 2.75) is 51.6 Å². The molecule has 0 spiro atoms. The average molecular weight is 290 g/mol. The van der Waals surface area contributed by atoms with Gasteiger partial charge in [-0.1, -0.05) is 6.07 Å². The maximum absolute atomic E-state index is 11.8. The van der Waals surface area contributed by atoms with Crippen molar-refractivity contribution in [2.75, 3.05) is 18.9 Å². The Bertz CT molecular complexity index is 506. The molecule has 1 atom stereocenters. The quantitative estimate of drug-likeness (QED) is 0.893. The first-order chi connectivity index (χ1) is 9.89. The molecule has 0 radical (unpaired) electrons. The highest BCUT2D eigenvalue weighted by molar-refractivity contribution is 5.67. The fraction of sp³-hybridized carbons (Fsp3) is 0.588. The Morgan fingerprint density at radius 3 is 2.81 bits per heavy atom. The highest BCUT2D eigenvalue weighted by atomic mass is 16.6. The molecule has 2 rings (SSSR count). The van der Waals surface area contributed by atoms with E-state index in [1.807, 2.05) is 27.8 Å². The van der Waals surface area contributed by atoms with Crippen LogP contribution in [0.5, 0.6) is 0 Å². The minimum atomic E-state index is -0.448. The first-order valence-electron chi connectivity index (χ1n) is 7.66. The Kier molecular flexibility index (Phi) is 4.76. The number of anilines is 1. The number of amides is 1. The fourth-order valence-electron chi connectivity index (χ4n) is 2.80. The number of benzene rings is 1. The van der Waals surface area contributed by atoms with Gasteiger partial charge in [0.05, 0.1) is 0 Å². The summed E-state index contributed by atoms with van der Waals surface area (Å²) in [4.78, 5) is 11.8. The summed E-state index contributed by atoms with van der Waals surface area (Å²) in [6.45, 7) is 6.27. The highest BCUT2D eigenvalue weighted by Crippen LogP contribution is 2.32. The monoisotopic (exact) mass is 290 g/mol. The van der Waals surface area contributed by atoms with Gasteiger partial charge in [0.15, 0.2) is 0 Å². The predicted molar refractivity (Wildman–Crippen MR) is 85.9 cm³/mol. The summed E-state index contributed by atoms with van der Waals surface area (Å²) in [5.41, 5.74) is 3.45. The van der Waals surface area contributed by atoms with Crippen LogP contribution in [-0.4, -0.2) is 25.3 Å². The zero-order valence-electron chi connectivity index (χ0n) is 13.5. The Labute approximate surface area is 127 Å². The number of hydrogen-bond donors (Lipinski definition) is 2. The summed E-state index contributed by atoms with van der Waals surface area (Å²) in [6.07, 6.45) is 3.07. The van der Waals surface area contributed by atoms with E-state index in [0.29, 0.717) is 12.5 Å². The van der Waals surface area contributed by atoms with Gasteiger partial charge in [-0.25, -0.2) is 4.79 Å². The molecule has 4 heteroatoms. The second kappa shape index (κ2) is 6.37. The molecule has 0 aliphatic heterocycles. The number of alkyl carbamates (subject to hydrolysis) is 1. The van der Waals surface area contributed by atoms with Gasteiger partial charge in [0.2, 0.25) is 0 Å². The largest absolute Gasteiger partial charge is 0.444 e. The lowest BCUT2D eigenvalue weighted by atomic mass is 9.82. The standard InChI is InChI=1S/C17H26N2O2/c1-17(2,3)21-16(20)19-11-13-7-5-6-12-10-14(18-4)8-9-15(12)13/h8-10,13,18H,5-7,11H2,1-4H3,(H,19,20)/t13-/m0/s1. The van der Waals surface area contributed by atoms with Gasteiger partial charge in [0.25, 0.3) is 0 Å². The molecular weight excluding hydrogens is 264 g/mol. The van der Waals surface area contributed by atoms with Crippen molar-refractivity contribution in [3.8, 4) is 0 Å². The Balaban J connectivity index is 1.99. The molecule has 0 heterocycles. The number of rotatable bonds is 3. The average Bonchev–Trinajstić information content (AvgIpc) is 2.42. The third kappa shape index (κ3) is 4.38. The van der Waals surface area contributed by atoms with Crippen molar-refractivity contribution in [1.29, 1.82) is 0 Å². The van der Waals surface area contributed by atoms with Gasteiger partial charge in [0, 0.05) is 25.2 Å².